The molecule has 3 nitrogen and oxygen atoms in total. The number of aromatic nitrogens is 1. The van der Waals surface area contributed by atoms with E-state index >= 15 is 0 Å². The average molecular weight is 202 g/mol. The zero-order chi connectivity index (χ0) is 10.3. The fraction of sp³-hybridized carbons (Fsp3) is 0.417. The van der Waals surface area contributed by atoms with Crippen LogP contribution < -0.4 is 4.90 Å². The van der Waals surface area contributed by atoms with Gasteiger partial charge in [0.25, 0.3) is 6.01 Å². The molecule has 1 fully saturated rings. The van der Waals surface area contributed by atoms with E-state index in [-0.39, 0.29) is 0 Å². The van der Waals surface area contributed by atoms with E-state index in [0.29, 0.717) is 0 Å². The van der Waals surface area contributed by atoms with Crippen LogP contribution in [0.3, 0.4) is 0 Å². The van der Waals surface area contributed by atoms with Gasteiger partial charge in [0.15, 0.2) is 5.58 Å². The van der Waals surface area contributed by atoms with Gasteiger partial charge in [-0.2, -0.15) is 4.98 Å². The predicted octanol–water partition coefficient (Wildman–Crippen LogP) is 2.74. The van der Waals surface area contributed by atoms with Crippen molar-refractivity contribution in [3.63, 3.8) is 0 Å². The SMILES string of the molecule is Cc1ccc2oc(N3CCCC3)nc2c1. The molecule has 1 saturated heterocycles. The van der Waals surface area contributed by atoms with Gasteiger partial charge in [0.2, 0.25) is 0 Å². The molecule has 78 valence electrons. The molecule has 1 aromatic carbocycles. The number of oxazole rings is 1. The molecule has 0 aliphatic carbocycles. The number of nitrogens with zero attached hydrogens (tertiary/aromatic N) is 2. The molecule has 0 amide bonds. The van der Waals surface area contributed by atoms with Crippen molar-refractivity contribution in [2.75, 3.05) is 18.0 Å². The van der Waals surface area contributed by atoms with Crippen LogP contribution in [0, 0.1) is 6.92 Å². The predicted molar refractivity (Wildman–Crippen MR) is 60.2 cm³/mol. The molecule has 0 radical (unpaired) electrons. The Morgan fingerprint density at radius 3 is 2.87 bits per heavy atom. The standard InChI is InChI=1S/C12H14N2O/c1-9-4-5-11-10(8-9)13-12(15-11)14-6-2-3-7-14/h4-5,8H,2-3,6-7H2,1H3. The van der Waals surface area contributed by atoms with Crippen molar-refractivity contribution in [2.24, 2.45) is 0 Å². The molecule has 1 aromatic heterocycles. The van der Waals surface area contributed by atoms with Gasteiger partial charge in [0.1, 0.15) is 5.52 Å². The lowest BCUT2D eigenvalue weighted by Gasteiger charge is -2.10. The molecule has 1 aliphatic heterocycles. The summed E-state index contributed by atoms with van der Waals surface area (Å²) in [5.74, 6) is 0. The fourth-order valence-corrected chi connectivity index (χ4v) is 2.07. The first kappa shape index (κ1) is 8.77. The van der Waals surface area contributed by atoms with E-state index in [4.69, 9.17) is 4.42 Å². The molecule has 0 saturated carbocycles. The third-order valence-corrected chi connectivity index (χ3v) is 2.91. The summed E-state index contributed by atoms with van der Waals surface area (Å²) in [6.45, 7) is 4.22. The summed E-state index contributed by atoms with van der Waals surface area (Å²) in [5, 5.41) is 0. The van der Waals surface area contributed by atoms with Gasteiger partial charge in [-0.15, -0.1) is 0 Å². The highest BCUT2D eigenvalue weighted by Gasteiger charge is 2.17. The Hall–Kier alpha value is -1.51. The Labute approximate surface area is 88.7 Å². The molecule has 2 heterocycles. The van der Waals surface area contributed by atoms with E-state index in [9.17, 15) is 0 Å². The first-order valence-electron chi connectivity index (χ1n) is 5.45. The Morgan fingerprint density at radius 1 is 1.27 bits per heavy atom. The van der Waals surface area contributed by atoms with Gasteiger partial charge in [-0.1, -0.05) is 6.07 Å². The normalized spacial score (nSPS) is 16.5. The van der Waals surface area contributed by atoms with Gasteiger partial charge < -0.3 is 9.32 Å². The van der Waals surface area contributed by atoms with Crippen LogP contribution in [0.4, 0.5) is 6.01 Å². The van der Waals surface area contributed by atoms with E-state index in [2.05, 4.69) is 28.9 Å². The second-order valence-electron chi connectivity index (χ2n) is 4.16. The summed E-state index contributed by atoms with van der Waals surface area (Å²) < 4.78 is 5.72. The van der Waals surface area contributed by atoms with Crippen molar-refractivity contribution in [1.82, 2.24) is 4.98 Å². The first-order chi connectivity index (χ1) is 7.33. The van der Waals surface area contributed by atoms with Crippen LogP contribution in [0.5, 0.6) is 0 Å². The van der Waals surface area contributed by atoms with Gasteiger partial charge in [0, 0.05) is 13.1 Å². The van der Waals surface area contributed by atoms with E-state index in [0.717, 1.165) is 30.2 Å². The van der Waals surface area contributed by atoms with E-state index in [1.165, 1.54) is 18.4 Å². The number of hydrogen-bond acceptors (Lipinski definition) is 3. The molecule has 2 aromatic rings. The van der Waals surface area contributed by atoms with Crippen molar-refractivity contribution < 1.29 is 4.42 Å². The molecule has 0 N–H and O–H groups in total. The van der Waals surface area contributed by atoms with Gasteiger partial charge in [-0.05, 0) is 37.5 Å². The van der Waals surface area contributed by atoms with Crippen molar-refractivity contribution in [1.29, 1.82) is 0 Å². The largest absolute Gasteiger partial charge is 0.423 e. The minimum atomic E-state index is 0.785. The minimum Gasteiger partial charge on any atom is -0.423 e. The molecular weight excluding hydrogens is 188 g/mol. The minimum absolute atomic E-state index is 0.785. The Morgan fingerprint density at radius 2 is 2.07 bits per heavy atom. The highest BCUT2D eigenvalue weighted by atomic mass is 16.4. The van der Waals surface area contributed by atoms with Gasteiger partial charge in [-0.25, -0.2) is 0 Å². The van der Waals surface area contributed by atoms with Crippen LogP contribution in [-0.2, 0) is 0 Å². The Bertz CT molecular complexity index is 483. The maximum absolute atomic E-state index is 5.72. The molecule has 0 unspecified atom stereocenters. The van der Waals surface area contributed by atoms with Crippen LogP contribution in [0.25, 0.3) is 11.1 Å². The van der Waals surface area contributed by atoms with Crippen molar-refractivity contribution in [3.8, 4) is 0 Å². The van der Waals surface area contributed by atoms with Crippen LogP contribution in [0.2, 0.25) is 0 Å². The summed E-state index contributed by atoms with van der Waals surface area (Å²) in [6.07, 6.45) is 2.50. The highest BCUT2D eigenvalue weighted by Crippen LogP contribution is 2.25. The number of hydrogen-bond donors (Lipinski definition) is 0. The maximum Gasteiger partial charge on any atom is 0.298 e. The van der Waals surface area contributed by atoms with Crippen LogP contribution >= 0.6 is 0 Å². The van der Waals surface area contributed by atoms with Crippen molar-refractivity contribution in [3.05, 3.63) is 23.8 Å². The van der Waals surface area contributed by atoms with Gasteiger partial charge >= 0.3 is 0 Å². The monoisotopic (exact) mass is 202 g/mol. The van der Waals surface area contributed by atoms with E-state index < -0.39 is 0 Å². The third kappa shape index (κ3) is 1.48. The van der Waals surface area contributed by atoms with Crippen LogP contribution in [0.1, 0.15) is 18.4 Å². The molecule has 15 heavy (non-hydrogen) atoms. The fourth-order valence-electron chi connectivity index (χ4n) is 2.07. The number of anilines is 1. The smallest absolute Gasteiger partial charge is 0.298 e. The van der Waals surface area contributed by atoms with E-state index in [1.54, 1.807) is 0 Å². The lowest BCUT2D eigenvalue weighted by atomic mass is 10.2. The van der Waals surface area contributed by atoms with Gasteiger partial charge in [-0.3, -0.25) is 0 Å². The number of benzene rings is 1. The second-order valence-corrected chi connectivity index (χ2v) is 4.16. The average Bonchev–Trinajstić information content (AvgIpc) is 2.84. The summed E-state index contributed by atoms with van der Waals surface area (Å²) in [7, 11) is 0. The topological polar surface area (TPSA) is 29.3 Å². The highest BCUT2D eigenvalue weighted by molar-refractivity contribution is 5.75. The molecule has 0 atom stereocenters. The lowest BCUT2D eigenvalue weighted by molar-refractivity contribution is 0.585. The number of fused-ring (bicyclic) bond motifs is 1. The number of aryl methyl sites for hydroxylation is 1. The van der Waals surface area contributed by atoms with Crippen LogP contribution in [-0.4, -0.2) is 18.1 Å². The summed E-state index contributed by atoms with van der Waals surface area (Å²) in [6, 6.07) is 6.91. The molecule has 3 heteroatoms. The zero-order valence-electron chi connectivity index (χ0n) is 8.86. The maximum atomic E-state index is 5.72. The molecule has 1 aliphatic rings. The Balaban J connectivity index is 2.05. The lowest BCUT2D eigenvalue weighted by Crippen LogP contribution is -2.17. The summed E-state index contributed by atoms with van der Waals surface area (Å²) >= 11 is 0. The quantitative estimate of drug-likeness (QED) is 0.712. The van der Waals surface area contributed by atoms with Crippen LogP contribution in [0.15, 0.2) is 22.6 Å². The van der Waals surface area contributed by atoms with Crippen molar-refractivity contribution >= 4 is 17.1 Å². The molecule has 3 rings (SSSR count). The van der Waals surface area contributed by atoms with Gasteiger partial charge in [0.05, 0.1) is 0 Å². The molecular formula is C12H14N2O. The number of rotatable bonds is 1. The first-order valence-corrected chi connectivity index (χ1v) is 5.45. The molecule has 0 spiro atoms. The Kier molecular flexibility index (Phi) is 1.91. The third-order valence-electron chi connectivity index (χ3n) is 2.91. The van der Waals surface area contributed by atoms with Crippen molar-refractivity contribution in [2.45, 2.75) is 19.8 Å². The van der Waals surface area contributed by atoms with E-state index in [1.807, 2.05) is 6.07 Å². The molecule has 0 bridgehead atoms. The second kappa shape index (κ2) is 3.26. The summed E-state index contributed by atoms with van der Waals surface area (Å²) in [5.41, 5.74) is 3.09. The summed E-state index contributed by atoms with van der Waals surface area (Å²) in [4.78, 5) is 6.73. The zero-order valence-corrected chi connectivity index (χ0v) is 8.86.